The topological polar surface area (TPSA) is 78.2 Å². The van der Waals surface area contributed by atoms with Crippen molar-refractivity contribution in [3.8, 4) is 17.2 Å². The number of ether oxygens (including phenoxy) is 3. The van der Waals surface area contributed by atoms with E-state index in [9.17, 15) is 4.79 Å². The lowest BCUT2D eigenvalue weighted by molar-refractivity contribution is -0.129. The van der Waals surface area contributed by atoms with Gasteiger partial charge in [-0.2, -0.15) is 0 Å². The highest BCUT2D eigenvalue weighted by Gasteiger charge is 2.31. The van der Waals surface area contributed by atoms with Crippen molar-refractivity contribution in [2.75, 3.05) is 32.6 Å². The number of thioether (sulfide) groups is 1. The van der Waals surface area contributed by atoms with Gasteiger partial charge in [0, 0.05) is 18.0 Å². The average Bonchev–Trinajstić information content (AvgIpc) is 3.54. The largest absolute Gasteiger partial charge is 0.497 e. The lowest BCUT2D eigenvalue weighted by Crippen LogP contribution is -2.32. The molecule has 1 saturated heterocycles. The molecule has 6 rings (SSSR count). The minimum Gasteiger partial charge on any atom is -0.497 e. The third kappa shape index (κ3) is 3.93. The summed E-state index contributed by atoms with van der Waals surface area (Å²) in [7, 11) is 1.66. The summed E-state index contributed by atoms with van der Waals surface area (Å²) in [5, 5.41) is 10.6. The van der Waals surface area contributed by atoms with E-state index in [1.165, 1.54) is 11.8 Å². The van der Waals surface area contributed by atoms with Gasteiger partial charge in [-0.15, -0.1) is 10.2 Å². The Balaban J connectivity index is 1.24. The highest BCUT2D eigenvalue weighted by atomic mass is 32.2. The van der Waals surface area contributed by atoms with Gasteiger partial charge in [0.15, 0.2) is 22.3 Å². The molecule has 2 aromatic heterocycles. The Morgan fingerprint density at radius 2 is 1.97 bits per heavy atom. The number of hydrogen-bond donors (Lipinski definition) is 0. The van der Waals surface area contributed by atoms with E-state index >= 15 is 0 Å². The van der Waals surface area contributed by atoms with Gasteiger partial charge in [0.1, 0.15) is 19.0 Å². The number of hydrogen-bond acceptors (Lipinski definition) is 7. The molecule has 0 saturated carbocycles. The molecule has 180 valence electrons. The molecule has 1 unspecified atom stereocenters. The van der Waals surface area contributed by atoms with Gasteiger partial charge in [-0.3, -0.25) is 9.20 Å². The minimum atomic E-state index is 0.0433. The molecule has 0 N–H and O–H groups in total. The third-order valence-corrected chi connectivity index (χ3v) is 7.64. The lowest BCUT2D eigenvalue weighted by Gasteiger charge is -2.26. The smallest absolute Gasteiger partial charge is 0.233 e. The van der Waals surface area contributed by atoms with Crippen molar-refractivity contribution in [2.24, 2.45) is 0 Å². The summed E-state index contributed by atoms with van der Waals surface area (Å²) in [5.74, 6) is 2.68. The molecule has 2 aromatic carbocycles. The number of benzene rings is 2. The Kier molecular flexibility index (Phi) is 5.64. The van der Waals surface area contributed by atoms with Crippen LogP contribution in [0.3, 0.4) is 0 Å². The maximum absolute atomic E-state index is 13.3. The zero-order valence-electron chi connectivity index (χ0n) is 19.7. The van der Waals surface area contributed by atoms with Crippen molar-refractivity contribution in [3.63, 3.8) is 0 Å². The van der Waals surface area contributed by atoms with Crippen molar-refractivity contribution < 1.29 is 19.0 Å². The first-order chi connectivity index (χ1) is 17.1. The van der Waals surface area contributed by atoms with E-state index in [4.69, 9.17) is 14.2 Å². The zero-order chi connectivity index (χ0) is 23.9. The average molecular weight is 491 g/mol. The molecule has 35 heavy (non-hydrogen) atoms. The Morgan fingerprint density at radius 1 is 1.11 bits per heavy atom. The summed E-state index contributed by atoms with van der Waals surface area (Å²) < 4.78 is 18.9. The number of carbonyl (C=O) groups excluding carboxylic acids is 1. The molecule has 2 aliphatic rings. The molecule has 0 spiro atoms. The molecule has 2 aliphatic heterocycles. The quantitative estimate of drug-likeness (QED) is 0.383. The third-order valence-electron chi connectivity index (χ3n) is 6.72. The van der Waals surface area contributed by atoms with Gasteiger partial charge < -0.3 is 19.1 Å². The van der Waals surface area contributed by atoms with E-state index in [2.05, 4.69) is 17.1 Å². The number of amides is 1. The molecule has 0 bridgehead atoms. The lowest BCUT2D eigenvalue weighted by atomic mass is 10.0. The van der Waals surface area contributed by atoms with Crippen molar-refractivity contribution >= 4 is 34.2 Å². The molecule has 4 aromatic rings. The number of methoxy groups -OCH3 is 1. The van der Waals surface area contributed by atoms with Gasteiger partial charge in [0.2, 0.25) is 5.91 Å². The van der Waals surface area contributed by atoms with Crippen LogP contribution >= 0.6 is 11.8 Å². The molecule has 8 nitrogen and oxygen atoms in total. The van der Waals surface area contributed by atoms with Gasteiger partial charge in [-0.05, 0) is 61.2 Å². The highest BCUT2D eigenvalue weighted by Crippen LogP contribution is 2.38. The first kappa shape index (κ1) is 22.0. The van der Waals surface area contributed by atoms with Crippen LogP contribution in [0.1, 0.15) is 30.0 Å². The first-order valence-electron chi connectivity index (χ1n) is 11.8. The molecule has 0 radical (unpaired) electrons. The molecular weight excluding hydrogens is 464 g/mol. The van der Waals surface area contributed by atoms with E-state index in [1.54, 1.807) is 7.11 Å². The standard InChI is InChI=1S/C26H26N4O4S/c1-16-12-24-27-28-26(30(24)21-14-18(32-2)6-7-19(16)21)35-15-25(31)29-9-3-4-20(29)17-5-8-22-23(13-17)34-11-10-33-22/h5-8,12-14,20H,3-4,9-11,15H2,1-2H3. The minimum absolute atomic E-state index is 0.0433. The predicted molar refractivity (Wildman–Crippen MR) is 134 cm³/mol. The van der Waals surface area contributed by atoms with E-state index in [-0.39, 0.29) is 11.9 Å². The van der Waals surface area contributed by atoms with Crippen molar-refractivity contribution in [1.29, 1.82) is 0 Å². The number of aromatic nitrogens is 3. The van der Waals surface area contributed by atoms with Crippen LogP contribution in [-0.2, 0) is 4.79 Å². The maximum Gasteiger partial charge on any atom is 0.233 e. The molecule has 1 fully saturated rings. The van der Waals surface area contributed by atoms with Crippen molar-refractivity contribution in [3.05, 3.63) is 53.6 Å². The number of carbonyl (C=O) groups is 1. The van der Waals surface area contributed by atoms with Crippen LogP contribution < -0.4 is 14.2 Å². The second-order valence-corrected chi connectivity index (χ2v) is 9.77. The fraction of sp³-hybridized carbons (Fsp3) is 0.346. The predicted octanol–water partition coefficient (Wildman–Crippen LogP) is 4.43. The van der Waals surface area contributed by atoms with E-state index < -0.39 is 0 Å². The zero-order valence-corrected chi connectivity index (χ0v) is 20.5. The number of aryl methyl sites for hydroxylation is 1. The monoisotopic (exact) mass is 490 g/mol. The van der Waals surface area contributed by atoms with Crippen LogP contribution in [0, 0.1) is 6.92 Å². The summed E-state index contributed by atoms with van der Waals surface area (Å²) in [4.78, 5) is 15.3. The number of fused-ring (bicyclic) bond motifs is 4. The van der Waals surface area contributed by atoms with Gasteiger partial charge >= 0.3 is 0 Å². The van der Waals surface area contributed by atoms with Crippen LogP contribution in [0.15, 0.2) is 47.6 Å². The molecule has 0 aliphatic carbocycles. The normalized spacial score (nSPS) is 17.3. The number of likely N-dealkylation sites (tertiary alicyclic amines) is 1. The van der Waals surface area contributed by atoms with Crippen LogP contribution in [-0.4, -0.2) is 58.0 Å². The van der Waals surface area contributed by atoms with Crippen LogP contribution in [0.2, 0.25) is 0 Å². The Labute approximate surface area is 207 Å². The Bertz CT molecular complexity index is 1440. The molecule has 1 atom stereocenters. The van der Waals surface area contributed by atoms with Crippen molar-refractivity contribution in [2.45, 2.75) is 31.0 Å². The Morgan fingerprint density at radius 3 is 2.83 bits per heavy atom. The van der Waals surface area contributed by atoms with E-state index in [0.717, 1.165) is 64.3 Å². The number of rotatable bonds is 5. The van der Waals surface area contributed by atoms with Crippen LogP contribution in [0.4, 0.5) is 0 Å². The summed E-state index contributed by atoms with van der Waals surface area (Å²) in [6, 6.07) is 14.1. The first-order valence-corrected chi connectivity index (χ1v) is 12.8. The summed E-state index contributed by atoms with van der Waals surface area (Å²) >= 11 is 1.42. The fourth-order valence-electron chi connectivity index (χ4n) is 5.01. The summed E-state index contributed by atoms with van der Waals surface area (Å²) in [6.07, 6.45) is 1.92. The molecular formula is C26H26N4O4S. The van der Waals surface area contributed by atoms with Gasteiger partial charge in [-0.25, -0.2) is 0 Å². The second kappa shape index (κ2) is 8.96. The molecule has 4 heterocycles. The van der Waals surface area contributed by atoms with E-state index in [0.29, 0.717) is 24.1 Å². The molecule has 9 heteroatoms. The summed E-state index contributed by atoms with van der Waals surface area (Å²) in [5.41, 5.74) is 3.93. The van der Waals surface area contributed by atoms with Crippen molar-refractivity contribution in [1.82, 2.24) is 19.5 Å². The van der Waals surface area contributed by atoms with Crippen LogP contribution in [0.25, 0.3) is 16.6 Å². The number of pyridine rings is 1. The molecule has 1 amide bonds. The van der Waals surface area contributed by atoms with Gasteiger partial charge in [0.05, 0.1) is 24.4 Å². The fourth-order valence-corrected chi connectivity index (χ4v) is 5.85. The summed E-state index contributed by atoms with van der Waals surface area (Å²) in [6.45, 7) is 3.92. The van der Waals surface area contributed by atoms with Crippen LogP contribution in [0.5, 0.6) is 17.2 Å². The highest BCUT2D eigenvalue weighted by molar-refractivity contribution is 7.99. The SMILES string of the molecule is COc1ccc2c(C)cc3nnc(SCC(=O)N4CCCC4c4ccc5c(c4)OCCO5)n3c2c1. The van der Waals surface area contributed by atoms with E-state index in [1.807, 2.05) is 51.8 Å². The van der Waals surface area contributed by atoms with Gasteiger partial charge in [-0.1, -0.05) is 17.8 Å². The van der Waals surface area contributed by atoms with Gasteiger partial charge in [0.25, 0.3) is 0 Å². The maximum atomic E-state index is 13.3. The Hall–Kier alpha value is -3.46. The number of nitrogens with zero attached hydrogens (tertiary/aromatic N) is 4. The second-order valence-electron chi connectivity index (χ2n) is 8.82.